The molecule has 0 aliphatic rings. The van der Waals surface area contributed by atoms with Gasteiger partial charge in [0.25, 0.3) is 0 Å². The maximum absolute atomic E-state index is 11.1. The lowest BCUT2D eigenvalue weighted by molar-refractivity contribution is -0.134. The molecular formula is C21H32N6O2. The first-order valence-corrected chi connectivity index (χ1v) is 9.78. The van der Waals surface area contributed by atoms with Gasteiger partial charge in [-0.3, -0.25) is 4.79 Å². The smallest absolute Gasteiger partial charge is 0.322 e. The van der Waals surface area contributed by atoms with Crippen LogP contribution in [0.5, 0.6) is 0 Å². The number of carboxylic acids is 1. The van der Waals surface area contributed by atoms with Crippen molar-refractivity contribution in [2.24, 2.45) is 11.5 Å². The molecule has 1 aromatic carbocycles. The lowest BCUT2D eigenvalue weighted by Crippen LogP contribution is -2.24. The first-order valence-electron chi connectivity index (χ1n) is 9.78. The number of hydrogen-bond donors (Lipinski definition) is 5. The lowest BCUT2D eigenvalue weighted by atomic mass is 10.0. The topological polar surface area (TPSA) is 130 Å². The van der Waals surface area contributed by atoms with Crippen molar-refractivity contribution in [3.63, 3.8) is 0 Å². The van der Waals surface area contributed by atoms with E-state index in [0.29, 0.717) is 18.1 Å². The molecule has 8 nitrogen and oxygen atoms in total. The second kappa shape index (κ2) is 10.8. The molecule has 0 saturated carbocycles. The minimum absolute atomic E-state index is 0.159. The molecule has 0 bridgehead atoms. The zero-order valence-electron chi connectivity index (χ0n) is 17.4. The monoisotopic (exact) mass is 400 g/mol. The van der Waals surface area contributed by atoms with Crippen LogP contribution >= 0.6 is 0 Å². The standard InChI is InChI=1S/C21H32N6O2/c1-14(2)25-21-17(11-23)19(24-12-20(28)29)10-18(26-21)16-6-4-5-15(9-16)13-27(3)8-7-22/h4-6,9-10,14H,7-8,11-13,22-23H2,1-3H3,(H,28,29)(H2,24,25,26). The Morgan fingerprint density at radius 3 is 2.66 bits per heavy atom. The van der Waals surface area contributed by atoms with Gasteiger partial charge in [0, 0.05) is 49.0 Å². The van der Waals surface area contributed by atoms with Gasteiger partial charge in [0.05, 0.1) is 5.69 Å². The Labute approximate surface area is 172 Å². The fourth-order valence-electron chi connectivity index (χ4n) is 3.09. The Morgan fingerprint density at radius 1 is 1.28 bits per heavy atom. The number of carboxylic acid groups (broad SMARTS) is 1. The van der Waals surface area contributed by atoms with Gasteiger partial charge in [-0.1, -0.05) is 18.2 Å². The molecule has 0 fully saturated rings. The number of pyridine rings is 1. The van der Waals surface area contributed by atoms with Crippen molar-refractivity contribution >= 4 is 17.5 Å². The Kier molecular flexibility index (Phi) is 8.38. The lowest BCUT2D eigenvalue weighted by Gasteiger charge is -2.19. The maximum Gasteiger partial charge on any atom is 0.322 e. The number of likely N-dealkylation sites (N-methyl/N-ethyl adjacent to an activating group) is 1. The fourth-order valence-corrected chi connectivity index (χ4v) is 3.09. The minimum Gasteiger partial charge on any atom is -0.480 e. The molecule has 2 rings (SSSR count). The zero-order chi connectivity index (χ0) is 21.4. The summed E-state index contributed by atoms with van der Waals surface area (Å²) in [6.07, 6.45) is 0. The molecule has 2 aromatic rings. The van der Waals surface area contributed by atoms with Gasteiger partial charge in [0.2, 0.25) is 0 Å². The molecule has 7 N–H and O–H groups in total. The number of nitrogens with zero attached hydrogens (tertiary/aromatic N) is 2. The fraction of sp³-hybridized carbons (Fsp3) is 0.429. The van der Waals surface area contributed by atoms with Crippen LogP contribution in [-0.2, 0) is 17.9 Å². The highest BCUT2D eigenvalue weighted by atomic mass is 16.4. The van der Waals surface area contributed by atoms with Gasteiger partial charge in [0.1, 0.15) is 12.4 Å². The predicted octanol–water partition coefficient (Wildman–Crippen LogP) is 1.91. The molecule has 1 heterocycles. The summed E-state index contributed by atoms with van der Waals surface area (Å²) in [6, 6.07) is 10.2. The van der Waals surface area contributed by atoms with Crippen LogP contribution in [0.4, 0.5) is 11.5 Å². The second-order valence-corrected chi connectivity index (χ2v) is 7.36. The van der Waals surface area contributed by atoms with Crippen LogP contribution in [0.15, 0.2) is 30.3 Å². The van der Waals surface area contributed by atoms with E-state index in [4.69, 9.17) is 21.6 Å². The van der Waals surface area contributed by atoms with E-state index in [0.717, 1.165) is 35.5 Å². The first kappa shape index (κ1) is 22.6. The summed E-state index contributed by atoms with van der Waals surface area (Å²) in [5.74, 6) is -0.270. The van der Waals surface area contributed by atoms with Crippen molar-refractivity contribution in [1.29, 1.82) is 0 Å². The van der Waals surface area contributed by atoms with Gasteiger partial charge in [-0.2, -0.15) is 0 Å². The quantitative estimate of drug-likeness (QED) is 0.387. The summed E-state index contributed by atoms with van der Waals surface area (Å²) < 4.78 is 0. The highest BCUT2D eigenvalue weighted by molar-refractivity contribution is 5.77. The van der Waals surface area contributed by atoms with E-state index in [1.54, 1.807) is 0 Å². The Hall–Kier alpha value is -2.68. The molecule has 0 unspecified atom stereocenters. The SMILES string of the molecule is CC(C)Nc1nc(-c2cccc(CN(C)CCN)c2)cc(NCC(=O)O)c1CN. The molecule has 0 radical (unpaired) electrons. The van der Waals surface area contributed by atoms with E-state index < -0.39 is 5.97 Å². The van der Waals surface area contributed by atoms with Gasteiger partial charge in [0.15, 0.2) is 0 Å². The summed E-state index contributed by atoms with van der Waals surface area (Å²) in [5, 5.41) is 15.4. The normalized spacial score (nSPS) is 11.1. The van der Waals surface area contributed by atoms with Crippen molar-refractivity contribution in [3.8, 4) is 11.3 Å². The van der Waals surface area contributed by atoms with E-state index in [-0.39, 0.29) is 19.1 Å². The first-order chi connectivity index (χ1) is 13.8. The van der Waals surface area contributed by atoms with Crippen LogP contribution in [0.1, 0.15) is 25.0 Å². The molecule has 1 aromatic heterocycles. The maximum atomic E-state index is 11.1. The summed E-state index contributed by atoms with van der Waals surface area (Å²) >= 11 is 0. The summed E-state index contributed by atoms with van der Waals surface area (Å²) in [7, 11) is 2.03. The highest BCUT2D eigenvalue weighted by Crippen LogP contribution is 2.30. The largest absolute Gasteiger partial charge is 0.480 e. The summed E-state index contributed by atoms with van der Waals surface area (Å²) in [4.78, 5) is 18.0. The van der Waals surface area contributed by atoms with Crippen LogP contribution in [0.25, 0.3) is 11.3 Å². The van der Waals surface area contributed by atoms with Crippen molar-refractivity contribution in [2.75, 3.05) is 37.3 Å². The summed E-state index contributed by atoms with van der Waals surface area (Å²) in [6.45, 7) is 6.31. The number of hydrogen-bond acceptors (Lipinski definition) is 7. The van der Waals surface area contributed by atoms with Gasteiger partial charge in [-0.05, 0) is 38.6 Å². The number of rotatable bonds is 11. The molecule has 0 aliphatic heterocycles. The van der Waals surface area contributed by atoms with Crippen LogP contribution in [-0.4, -0.2) is 53.7 Å². The third-order valence-corrected chi connectivity index (χ3v) is 4.37. The number of anilines is 2. The van der Waals surface area contributed by atoms with E-state index >= 15 is 0 Å². The van der Waals surface area contributed by atoms with Crippen molar-refractivity contribution in [2.45, 2.75) is 33.0 Å². The number of carbonyl (C=O) groups is 1. The van der Waals surface area contributed by atoms with E-state index in [1.807, 2.05) is 39.1 Å². The number of nitrogens with one attached hydrogen (secondary N) is 2. The number of aliphatic carboxylic acids is 1. The molecule has 29 heavy (non-hydrogen) atoms. The highest BCUT2D eigenvalue weighted by Gasteiger charge is 2.15. The van der Waals surface area contributed by atoms with Gasteiger partial charge in [-0.15, -0.1) is 0 Å². The van der Waals surface area contributed by atoms with Crippen LogP contribution in [0, 0.1) is 0 Å². The van der Waals surface area contributed by atoms with Gasteiger partial charge in [-0.25, -0.2) is 4.98 Å². The second-order valence-electron chi connectivity index (χ2n) is 7.36. The van der Waals surface area contributed by atoms with Crippen LogP contribution in [0.2, 0.25) is 0 Å². The number of nitrogens with two attached hydrogens (primary N) is 2. The zero-order valence-corrected chi connectivity index (χ0v) is 17.4. The van der Waals surface area contributed by atoms with Gasteiger partial charge >= 0.3 is 5.97 Å². The van der Waals surface area contributed by atoms with Crippen molar-refractivity contribution in [3.05, 3.63) is 41.5 Å². The molecule has 0 saturated heterocycles. The average molecular weight is 401 g/mol. The Morgan fingerprint density at radius 2 is 2.03 bits per heavy atom. The average Bonchev–Trinajstić information content (AvgIpc) is 2.66. The van der Waals surface area contributed by atoms with Gasteiger partial charge < -0.3 is 32.1 Å². The predicted molar refractivity (Wildman–Crippen MR) is 118 cm³/mol. The van der Waals surface area contributed by atoms with E-state index in [2.05, 4.69) is 27.7 Å². The van der Waals surface area contributed by atoms with Crippen LogP contribution in [0.3, 0.4) is 0 Å². The third kappa shape index (κ3) is 6.70. The number of benzene rings is 1. The molecule has 8 heteroatoms. The molecule has 158 valence electrons. The van der Waals surface area contributed by atoms with Crippen molar-refractivity contribution in [1.82, 2.24) is 9.88 Å². The molecule has 0 aliphatic carbocycles. The molecular weight excluding hydrogens is 368 g/mol. The molecule has 0 atom stereocenters. The molecule has 0 spiro atoms. The van der Waals surface area contributed by atoms with Crippen LogP contribution < -0.4 is 22.1 Å². The minimum atomic E-state index is -0.936. The molecule has 0 amide bonds. The Bertz CT molecular complexity index is 825. The van der Waals surface area contributed by atoms with Crippen molar-refractivity contribution < 1.29 is 9.90 Å². The van der Waals surface area contributed by atoms with E-state index in [1.165, 1.54) is 0 Å². The third-order valence-electron chi connectivity index (χ3n) is 4.37. The van der Waals surface area contributed by atoms with E-state index in [9.17, 15) is 4.79 Å². The summed E-state index contributed by atoms with van der Waals surface area (Å²) in [5.41, 5.74) is 15.9. The number of aromatic nitrogens is 1. The Balaban J connectivity index is 2.45.